The fourth-order valence-electron chi connectivity index (χ4n) is 2.45. The number of carbonyl (C=O) groups is 1. The maximum atomic E-state index is 10.9. The maximum Gasteiger partial charge on any atom is 0.354 e. The lowest BCUT2D eigenvalue weighted by Crippen LogP contribution is -2.16. The number of thiophene rings is 1. The number of hydrogen-bond acceptors (Lipinski definition) is 4. The van der Waals surface area contributed by atoms with Gasteiger partial charge < -0.3 is 10.4 Å². The maximum absolute atomic E-state index is 10.9. The van der Waals surface area contributed by atoms with Gasteiger partial charge in [-0.3, -0.25) is 0 Å². The molecule has 19 heavy (non-hydrogen) atoms. The Bertz CT molecular complexity index is 609. The summed E-state index contributed by atoms with van der Waals surface area (Å²) in [6.45, 7) is 0. The van der Waals surface area contributed by atoms with Crippen molar-refractivity contribution < 1.29 is 9.90 Å². The third-order valence-corrected chi connectivity index (χ3v) is 4.34. The summed E-state index contributed by atoms with van der Waals surface area (Å²) in [7, 11) is 0. The highest BCUT2D eigenvalue weighted by Gasteiger charge is 2.21. The first kappa shape index (κ1) is 12.2. The molecule has 0 amide bonds. The van der Waals surface area contributed by atoms with E-state index in [4.69, 9.17) is 5.11 Å². The van der Waals surface area contributed by atoms with E-state index in [1.54, 1.807) is 17.4 Å². The van der Waals surface area contributed by atoms with Crippen LogP contribution in [0.5, 0.6) is 0 Å². The van der Waals surface area contributed by atoms with E-state index in [2.05, 4.69) is 21.7 Å². The molecule has 5 heteroatoms. The molecular weight excluding hydrogens is 260 g/mol. The molecule has 0 spiro atoms. The topological polar surface area (TPSA) is 62.2 Å². The average molecular weight is 274 g/mol. The third kappa shape index (κ3) is 2.46. The van der Waals surface area contributed by atoms with Crippen LogP contribution in [0.25, 0.3) is 0 Å². The lowest BCUT2D eigenvalue weighted by molar-refractivity contribution is 0.0690. The lowest BCUT2D eigenvalue weighted by Gasteiger charge is -2.24. The molecule has 0 aromatic carbocycles. The van der Waals surface area contributed by atoms with Crippen LogP contribution in [0, 0.1) is 0 Å². The second-order valence-electron chi connectivity index (χ2n) is 4.60. The van der Waals surface area contributed by atoms with Gasteiger partial charge in [0.25, 0.3) is 0 Å². The van der Waals surface area contributed by atoms with Crippen molar-refractivity contribution in [2.45, 2.75) is 25.3 Å². The van der Waals surface area contributed by atoms with Gasteiger partial charge in [0.05, 0.1) is 6.04 Å². The molecule has 1 atom stereocenters. The van der Waals surface area contributed by atoms with Crippen molar-refractivity contribution in [3.8, 4) is 0 Å². The van der Waals surface area contributed by atoms with E-state index in [9.17, 15) is 4.79 Å². The first-order chi connectivity index (χ1) is 9.24. The first-order valence-electron chi connectivity index (χ1n) is 6.27. The first-order valence-corrected chi connectivity index (χ1v) is 7.15. The van der Waals surface area contributed by atoms with Crippen LogP contribution in [0.4, 0.5) is 5.82 Å². The number of aromatic carboxylic acids is 1. The van der Waals surface area contributed by atoms with E-state index in [0.29, 0.717) is 5.82 Å². The summed E-state index contributed by atoms with van der Waals surface area (Å²) in [5, 5.41) is 14.4. The zero-order valence-electron chi connectivity index (χ0n) is 10.3. The molecule has 1 aliphatic carbocycles. The van der Waals surface area contributed by atoms with E-state index in [1.807, 2.05) is 6.07 Å². The molecule has 2 N–H and O–H groups in total. The Balaban J connectivity index is 1.83. The number of nitrogens with one attached hydrogen (secondary N) is 1. The van der Waals surface area contributed by atoms with Crippen molar-refractivity contribution >= 4 is 23.1 Å². The van der Waals surface area contributed by atoms with Gasteiger partial charge in [-0.15, -0.1) is 11.3 Å². The van der Waals surface area contributed by atoms with Gasteiger partial charge in [-0.05, 0) is 48.4 Å². The number of carboxylic acids is 1. The van der Waals surface area contributed by atoms with Gasteiger partial charge >= 0.3 is 5.97 Å². The Kier molecular flexibility index (Phi) is 3.21. The standard InChI is InChI=1S/C14H14N2O2S/c17-14(18)11-4-2-6-13(16-11)15-10-3-1-5-12-9(10)7-8-19-12/h2,4,6-8,10H,1,3,5H2,(H,15,16)(H,17,18). The highest BCUT2D eigenvalue weighted by Crippen LogP contribution is 2.35. The van der Waals surface area contributed by atoms with Crippen molar-refractivity contribution in [2.75, 3.05) is 5.32 Å². The summed E-state index contributed by atoms with van der Waals surface area (Å²) in [5.74, 6) is -0.368. The molecule has 0 saturated heterocycles. The number of hydrogen-bond donors (Lipinski definition) is 2. The van der Waals surface area contributed by atoms with Gasteiger partial charge in [0.15, 0.2) is 5.69 Å². The summed E-state index contributed by atoms with van der Waals surface area (Å²) in [6, 6.07) is 7.43. The molecule has 2 aromatic heterocycles. The van der Waals surface area contributed by atoms with Crippen molar-refractivity contribution in [3.63, 3.8) is 0 Å². The number of aryl methyl sites for hydroxylation is 1. The predicted molar refractivity (Wildman–Crippen MR) is 74.8 cm³/mol. The van der Waals surface area contributed by atoms with Crippen LogP contribution in [0.15, 0.2) is 29.6 Å². The van der Waals surface area contributed by atoms with Gasteiger partial charge in [-0.25, -0.2) is 9.78 Å². The Labute approximate surface area is 115 Å². The normalized spacial score (nSPS) is 17.8. The number of rotatable bonds is 3. The summed E-state index contributed by atoms with van der Waals surface area (Å²) < 4.78 is 0. The van der Waals surface area contributed by atoms with Crippen LogP contribution in [-0.2, 0) is 6.42 Å². The quantitative estimate of drug-likeness (QED) is 0.901. The minimum absolute atomic E-state index is 0.0753. The van der Waals surface area contributed by atoms with E-state index in [0.717, 1.165) is 19.3 Å². The molecule has 1 aliphatic rings. The van der Waals surface area contributed by atoms with E-state index >= 15 is 0 Å². The zero-order valence-corrected chi connectivity index (χ0v) is 11.1. The number of anilines is 1. The molecule has 0 saturated carbocycles. The Morgan fingerprint density at radius 3 is 3.16 bits per heavy atom. The van der Waals surface area contributed by atoms with Crippen molar-refractivity contribution in [1.29, 1.82) is 0 Å². The van der Waals surface area contributed by atoms with Crippen LogP contribution in [0.2, 0.25) is 0 Å². The van der Waals surface area contributed by atoms with Gasteiger partial charge in [0, 0.05) is 4.88 Å². The van der Waals surface area contributed by atoms with Crippen LogP contribution >= 0.6 is 11.3 Å². The van der Waals surface area contributed by atoms with Gasteiger partial charge in [0.2, 0.25) is 0 Å². The minimum atomic E-state index is -0.997. The molecule has 0 fully saturated rings. The van der Waals surface area contributed by atoms with Gasteiger partial charge in [0.1, 0.15) is 5.82 Å². The second-order valence-corrected chi connectivity index (χ2v) is 5.60. The minimum Gasteiger partial charge on any atom is -0.477 e. The third-order valence-electron chi connectivity index (χ3n) is 3.34. The number of fused-ring (bicyclic) bond motifs is 1. The number of aromatic nitrogens is 1. The highest BCUT2D eigenvalue weighted by molar-refractivity contribution is 7.10. The number of nitrogens with zero attached hydrogens (tertiary/aromatic N) is 1. The van der Waals surface area contributed by atoms with Gasteiger partial charge in [-0.1, -0.05) is 6.07 Å². The number of carboxylic acid groups (broad SMARTS) is 1. The monoisotopic (exact) mass is 274 g/mol. The van der Waals surface area contributed by atoms with E-state index in [1.165, 1.54) is 16.5 Å². The molecule has 2 heterocycles. The Hall–Kier alpha value is -1.88. The van der Waals surface area contributed by atoms with Crippen LogP contribution in [-0.4, -0.2) is 16.1 Å². The molecule has 98 valence electrons. The van der Waals surface area contributed by atoms with E-state index in [-0.39, 0.29) is 11.7 Å². The lowest BCUT2D eigenvalue weighted by atomic mass is 9.94. The number of pyridine rings is 1. The largest absolute Gasteiger partial charge is 0.477 e. The van der Waals surface area contributed by atoms with Crippen molar-refractivity contribution in [2.24, 2.45) is 0 Å². The van der Waals surface area contributed by atoms with Crippen LogP contribution in [0.3, 0.4) is 0 Å². The average Bonchev–Trinajstić information content (AvgIpc) is 2.88. The molecule has 1 unspecified atom stereocenters. The van der Waals surface area contributed by atoms with Crippen LogP contribution < -0.4 is 5.32 Å². The zero-order chi connectivity index (χ0) is 13.2. The van der Waals surface area contributed by atoms with E-state index < -0.39 is 5.97 Å². The Morgan fingerprint density at radius 2 is 2.32 bits per heavy atom. The van der Waals surface area contributed by atoms with Gasteiger partial charge in [-0.2, -0.15) is 0 Å². The molecule has 2 aromatic rings. The molecular formula is C14H14N2O2S. The summed E-state index contributed by atoms with van der Waals surface area (Å²) in [5.41, 5.74) is 1.41. The van der Waals surface area contributed by atoms with Crippen molar-refractivity contribution in [1.82, 2.24) is 4.98 Å². The summed E-state index contributed by atoms with van der Waals surface area (Å²) >= 11 is 1.79. The molecule has 0 radical (unpaired) electrons. The van der Waals surface area contributed by atoms with Crippen LogP contribution in [0.1, 0.15) is 39.8 Å². The highest BCUT2D eigenvalue weighted by atomic mass is 32.1. The fourth-order valence-corrected chi connectivity index (χ4v) is 3.44. The molecule has 0 aliphatic heterocycles. The van der Waals surface area contributed by atoms with Crippen molar-refractivity contribution in [3.05, 3.63) is 45.8 Å². The molecule has 0 bridgehead atoms. The summed E-state index contributed by atoms with van der Waals surface area (Å²) in [4.78, 5) is 16.5. The second kappa shape index (κ2) is 5.01. The Morgan fingerprint density at radius 1 is 1.42 bits per heavy atom. The molecule has 3 rings (SSSR count). The molecule has 4 nitrogen and oxygen atoms in total. The SMILES string of the molecule is O=C(O)c1cccc(NC2CCCc3sccc32)n1. The summed E-state index contributed by atoms with van der Waals surface area (Å²) in [6.07, 6.45) is 3.36. The predicted octanol–water partition coefficient (Wildman–Crippen LogP) is 3.33. The fraction of sp³-hybridized carbons (Fsp3) is 0.286. The smallest absolute Gasteiger partial charge is 0.354 e.